The van der Waals surface area contributed by atoms with E-state index < -0.39 is 0 Å². The fourth-order valence-corrected chi connectivity index (χ4v) is 2.38. The molecule has 0 aliphatic heterocycles. The second-order valence-corrected chi connectivity index (χ2v) is 7.09. The molecule has 25 heavy (non-hydrogen) atoms. The Bertz CT molecular complexity index is 650. The van der Waals surface area contributed by atoms with Gasteiger partial charge in [-0.1, -0.05) is 37.1 Å². The molecule has 2 N–H and O–H groups in total. The van der Waals surface area contributed by atoms with Gasteiger partial charge in [-0.25, -0.2) is 0 Å². The number of carbonyl (C=O) groups is 1. The van der Waals surface area contributed by atoms with Gasteiger partial charge in [0.2, 0.25) is 0 Å². The normalized spacial score (nSPS) is 11.5. The van der Waals surface area contributed by atoms with Crippen LogP contribution in [0.3, 0.4) is 0 Å². The fourth-order valence-electron chi connectivity index (χ4n) is 2.38. The van der Waals surface area contributed by atoms with E-state index >= 15 is 0 Å². The number of benzene rings is 1. The number of carbonyl (C=O) groups excluding carboxylic acids is 1. The Labute approximate surface area is 150 Å². The monoisotopic (exact) mass is 346 g/mol. The van der Waals surface area contributed by atoms with Gasteiger partial charge in [-0.2, -0.15) is 0 Å². The van der Waals surface area contributed by atoms with Crippen LogP contribution < -0.4 is 4.74 Å². The molecule has 0 spiro atoms. The Balaban J connectivity index is 2.90. The lowest BCUT2D eigenvalue weighted by Gasteiger charge is -2.12. The number of hydrogen-bond acceptors (Lipinski definition) is 4. The molecule has 4 heteroatoms. The standard InChI is InChI=1S/C21H30O4/c1-14(2)7-6-8-16(5)9-10-18-19(23)12-17(22)13-20(18)25-21(24)11-15(3)4/h7,9,12-13,15,22-23H,6,8,10-11H2,1-5H3/b16-9+. The maximum Gasteiger partial charge on any atom is 0.311 e. The molecule has 0 fully saturated rings. The summed E-state index contributed by atoms with van der Waals surface area (Å²) in [6.45, 7) is 10.1. The zero-order valence-electron chi connectivity index (χ0n) is 15.9. The second kappa shape index (κ2) is 9.92. The lowest BCUT2D eigenvalue weighted by molar-refractivity contribution is -0.135. The molecule has 0 bridgehead atoms. The molecule has 1 aromatic rings. The number of ether oxygens (including phenoxy) is 1. The van der Waals surface area contributed by atoms with Crippen molar-refractivity contribution in [2.24, 2.45) is 5.92 Å². The van der Waals surface area contributed by atoms with Crippen molar-refractivity contribution in [1.29, 1.82) is 0 Å². The van der Waals surface area contributed by atoms with Gasteiger partial charge in [0, 0.05) is 24.1 Å². The molecule has 1 aromatic carbocycles. The number of aromatic hydroxyl groups is 2. The van der Waals surface area contributed by atoms with E-state index in [1.165, 1.54) is 23.3 Å². The molecule has 0 saturated heterocycles. The zero-order chi connectivity index (χ0) is 19.0. The van der Waals surface area contributed by atoms with Crippen LogP contribution in [0.1, 0.15) is 59.4 Å². The summed E-state index contributed by atoms with van der Waals surface area (Å²) < 4.78 is 5.37. The minimum Gasteiger partial charge on any atom is -0.508 e. The highest BCUT2D eigenvalue weighted by atomic mass is 16.5. The molecule has 0 saturated carbocycles. The Morgan fingerprint density at radius 2 is 1.84 bits per heavy atom. The first-order valence-electron chi connectivity index (χ1n) is 8.73. The summed E-state index contributed by atoms with van der Waals surface area (Å²) in [6, 6.07) is 2.64. The fraction of sp³-hybridized carbons (Fsp3) is 0.476. The summed E-state index contributed by atoms with van der Waals surface area (Å²) in [5.41, 5.74) is 3.00. The average molecular weight is 346 g/mol. The molecular formula is C21H30O4. The minimum absolute atomic E-state index is 0.0688. The van der Waals surface area contributed by atoms with Crippen LogP contribution in [-0.2, 0) is 11.2 Å². The molecule has 0 atom stereocenters. The predicted octanol–water partition coefficient (Wildman–Crippen LogP) is 5.28. The molecule has 0 aromatic heterocycles. The van der Waals surface area contributed by atoms with Gasteiger partial charge in [0.05, 0.1) is 0 Å². The van der Waals surface area contributed by atoms with Crippen LogP contribution in [0, 0.1) is 5.92 Å². The maximum atomic E-state index is 11.9. The molecule has 0 radical (unpaired) electrons. The van der Waals surface area contributed by atoms with E-state index in [2.05, 4.69) is 19.9 Å². The van der Waals surface area contributed by atoms with Crippen molar-refractivity contribution >= 4 is 5.97 Å². The van der Waals surface area contributed by atoms with E-state index in [9.17, 15) is 15.0 Å². The number of phenols is 2. The van der Waals surface area contributed by atoms with Crippen molar-refractivity contribution in [1.82, 2.24) is 0 Å². The Morgan fingerprint density at radius 1 is 1.16 bits per heavy atom. The molecule has 1 rings (SSSR count). The Morgan fingerprint density at radius 3 is 2.44 bits per heavy atom. The lowest BCUT2D eigenvalue weighted by atomic mass is 10.0. The van der Waals surface area contributed by atoms with Crippen LogP contribution in [-0.4, -0.2) is 16.2 Å². The van der Waals surface area contributed by atoms with Gasteiger partial charge in [0.25, 0.3) is 0 Å². The predicted molar refractivity (Wildman–Crippen MR) is 101 cm³/mol. The van der Waals surface area contributed by atoms with Crippen LogP contribution in [0.2, 0.25) is 0 Å². The van der Waals surface area contributed by atoms with Gasteiger partial charge in [0.1, 0.15) is 17.2 Å². The van der Waals surface area contributed by atoms with Crippen LogP contribution in [0.15, 0.2) is 35.4 Å². The largest absolute Gasteiger partial charge is 0.508 e. The van der Waals surface area contributed by atoms with E-state index in [1.54, 1.807) is 0 Å². The molecule has 0 amide bonds. The smallest absolute Gasteiger partial charge is 0.311 e. The Kier molecular flexibility index (Phi) is 8.26. The number of allylic oxidation sites excluding steroid dienone is 4. The third kappa shape index (κ3) is 7.92. The molecular weight excluding hydrogens is 316 g/mol. The van der Waals surface area contributed by atoms with Crippen LogP contribution in [0.25, 0.3) is 0 Å². The molecule has 4 nitrogen and oxygen atoms in total. The SMILES string of the molecule is CC(C)=CCC/C(C)=C/Cc1c(O)cc(O)cc1OC(=O)CC(C)C. The van der Waals surface area contributed by atoms with Crippen molar-refractivity contribution in [3.8, 4) is 17.2 Å². The average Bonchev–Trinajstić information content (AvgIpc) is 2.44. The molecule has 0 heterocycles. The number of phenolic OH excluding ortho intramolecular Hbond substituents is 2. The highest BCUT2D eigenvalue weighted by molar-refractivity contribution is 5.73. The van der Waals surface area contributed by atoms with Crippen molar-refractivity contribution in [3.63, 3.8) is 0 Å². The topological polar surface area (TPSA) is 66.8 Å². The van der Waals surface area contributed by atoms with Gasteiger partial charge >= 0.3 is 5.97 Å². The molecule has 0 aliphatic carbocycles. The van der Waals surface area contributed by atoms with Gasteiger partial charge in [-0.05, 0) is 46.0 Å². The summed E-state index contributed by atoms with van der Waals surface area (Å²) >= 11 is 0. The van der Waals surface area contributed by atoms with E-state index in [1.807, 2.05) is 26.8 Å². The number of hydrogen-bond donors (Lipinski definition) is 2. The third-order valence-electron chi connectivity index (χ3n) is 3.71. The van der Waals surface area contributed by atoms with Gasteiger partial charge in [-0.15, -0.1) is 0 Å². The van der Waals surface area contributed by atoms with Gasteiger partial charge in [0.15, 0.2) is 0 Å². The van der Waals surface area contributed by atoms with Crippen LogP contribution in [0.5, 0.6) is 17.2 Å². The summed E-state index contributed by atoms with van der Waals surface area (Å²) in [4.78, 5) is 11.9. The molecule has 0 unspecified atom stereocenters. The maximum absolute atomic E-state index is 11.9. The summed E-state index contributed by atoms with van der Waals surface area (Å²) in [7, 11) is 0. The summed E-state index contributed by atoms with van der Waals surface area (Å²) in [5, 5.41) is 19.8. The van der Waals surface area contributed by atoms with Crippen molar-refractivity contribution in [3.05, 3.63) is 41.0 Å². The zero-order valence-corrected chi connectivity index (χ0v) is 15.9. The molecule has 138 valence electrons. The van der Waals surface area contributed by atoms with E-state index in [4.69, 9.17) is 4.74 Å². The van der Waals surface area contributed by atoms with E-state index in [0.717, 1.165) is 12.8 Å². The van der Waals surface area contributed by atoms with Crippen LogP contribution >= 0.6 is 0 Å². The van der Waals surface area contributed by atoms with E-state index in [0.29, 0.717) is 12.0 Å². The summed E-state index contributed by atoms with van der Waals surface area (Å²) in [5.74, 6) is -0.167. The first kappa shape index (κ1) is 20.8. The van der Waals surface area contributed by atoms with Crippen molar-refractivity contribution in [2.45, 2.75) is 60.3 Å². The second-order valence-electron chi connectivity index (χ2n) is 7.09. The highest BCUT2D eigenvalue weighted by Gasteiger charge is 2.15. The number of rotatable bonds is 8. The van der Waals surface area contributed by atoms with Crippen molar-refractivity contribution < 1.29 is 19.7 Å². The lowest BCUT2D eigenvalue weighted by Crippen LogP contribution is -2.12. The summed E-state index contributed by atoms with van der Waals surface area (Å²) in [6.07, 6.45) is 6.85. The molecule has 0 aliphatic rings. The third-order valence-corrected chi connectivity index (χ3v) is 3.71. The minimum atomic E-state index is -0.370. The van der Waals surface area contributed by atoms with Gasteiger partial charge in [-0.3, -0.25) is 4.79 Å². The quantitative estimate of drug-likeness (QED) is 0.381. The number of esters is 1. The highest BCUT2D eigenvalue weighted by Crippen LogP contribution is 2.34. The first-order chi connectivity index (χ1) is 11.7. The van der Waals surface area contributed by atoms with E-state index in [-0.39, 0.29) is 35.6 Å². The Hall–Kier alpha value is -2.23. The first-order valence-corrected chi connectivity index (χ1v) is 8.73. The van der Waals surface area contributed by atoms with Crippen LogP contribution in [0.4, 0.5) is 0 Å². The van der Waals surface area contributed by atoms with Crippen molar-refractivity contribution in [2.75, 3.05) is 0 Å². The van der Waals surface area contributed by atoms with Gasteiger partial charge < -0.3 is 14.9 Å².